The Balaban J connectivity index is 1.32. The largest absolute Gasteiger partial charge is 0.450 e. The maximum absolute atomic E-state index is 13.5. The Labute approximate surface area is 281 Å². The number of carbonyl (C=O) groups excluding carboxylic acids is 1. The second-order valence-electron chi connectivity index (χ2n) is 11.6. The molecule has 1 saturated heterocycles. The summed E-state index contributed by atoms with van der Waals surface area (Å²) in [5.74, 6) is -0.517. The van der Waals surface area contributed by atoms with Gasteiger partial charge >= 0.3 is 5.97 Å². The highest BCUT2D eigenvalue weighted by Gasteiger charge is 2.50. The molecule has 1 heterocycles. The van der Waals surface area contributed by atoms with E-state index in [2.05, 4.69) is 30.8 Å². The SMILES string of the molecule is C=CCO[C@@H]1OC(COCc2ccccc2)[C@H](OCc2ccccc2)C(OCc2ccc3ccccc3c2)C1OC(=O)c1ccccc1. The van der Waals surface area contributed by atoms with Crippen molar-refractivity contribution in [1.82, 2.24) is 0 Å². The first kappa shape index (κ1) is 33.3. The second-order valence-corrected chi connectivity index (χ2v) is 11.6. The van der Waals surface area contributed by atoms with Gasteiger partial charge in [-0.2, -0.15) is 0 Å². The zero-order valence-corrected chi connectivity index (χ0v) is 26.8. The molecule has 5 atom stereocenters. The summed E-state index contributed by atoms with van der Waals surface area (Å²) in [6.07, 6.45) is -2.38. The summed E-state index contributed by atoms with van der Waals surface area (Å²) in [7, 11) is 0. The van der Waals surface area contributed by atoms with Gasteiger partial charge in [-0.05, 0) is 45.7 Å². The minimum Gasteiger partial charge on any atom is -0.450 e. The minimum absolute atomic E-state index is 0.175. The molecule has 5 aromatic carbocycles. The quantitative estimate of drug-likeness (QED) is 0.0855. The number of ether oxygens (including phenoxy) is 6. The van der Waals surface area contributed by atoms with Gasteiger partial charge in [0.2, 0.25) is 0 Å². The van der Waals surface area contributed by atoms with E-state index in [0.29, 0.717) is 12.2 Å². The molecule has 48 heavy (non-hydrogen) atoms. The molecule has 3 unspecified atom stereocenters. The summed E-state index contributed by atoms with van der Waals surface area (Å²) < 4.78 is 38.4. The number of esters is 1. The van der Waals surface area contributed by atoms with Crippen LogP contribution in [0.25, 0.3) is 10.8 Å². The molecule has 0 spiro atoms. The Hall–Kier alpha value is -4.63. The van der Waals surface area contributed by atoms with Crippen LogP contribution in [-0.4, -0.2) is 49.9 Å². The summed E-state index contributed by atoms with van der Waals surface area (Å²) in [6, 6.07) is 43.1. The summed E-state index contributed by atoms with van der Waals surface area (Å²) >= 11 is 0. The molecule has 5 aromatic rings. The molecule has 246 valence electrons. The van der Waals surface area contributed by atoms with E-state index in [-0.39, 0.29) is 26.4 Å². The van der Waals surface area contributed by atoms with Gasteiger partial charge in [-0.15, -0.1) is 6.58 Å². The number of rotatable bonds is 15. The van der Waals surface area contributed by atoms with Crippen molar-refractivity contribution in [3.63, 3.8) is 0 Å². The molecule has 0 aromatic heterocycles. The number of carbonyl (C=O) groups is 1. The first-order chi connectivity index (χ1) is 23.7. The zero-order valence-electron chi connectivity index (χ0n) is 26.8. The second kappa shape index (κ2) is 17.0. The van der Waals surface area contributed by atoms with Crippen LogP contribution in [0.15, 0.2) is 146 Å². The van der Waals surface area contributed by atoms with Gasteiger partial charge in [0.15, 0.2) is 12.4 Å². The number of fused-ring (bicyclic) bond motifs is 1. The maximum atomic E-state index is 13.5. The van der Waals surface area contributed by atoms with Crippen LogP contribution in [0.1, 0.15) is 27.0 Å². The van der Waals surface area contributed by atoms with Crippen molar-refractivity contribution in [3.05, 3.63) is 168 Å². The molecular weight excluding hydrogens is 604 g/mol. The molecule has 0 amide bonds. The molecule has 0 bridgehead atoms. The van der Waals surface area contributed by atoms with Gasteiger partial charge in [0, 0.05) is 0 Å². The lowest BCUT2D eigenvalue weighted by atomic mass is 9.97. The van der Waals surface area contributed by atoms with Crippen LogP contribution >= 0.6 is 0 Å². The van der Waals surface area contributed by atoms with E-state index in [1.54, 1.807) is 30.3 Å². The Kier molecular flexibility index (Phi) is 11.8. The Morgan fingerprint density at radius 2 is 1.23 bits per heavy atom. The smallest absolute Gasteiger partial charge is 0.338 e. The first-order valence-electron chi connectivity index (χ1n) is 16.2. The molecule has 1 aliphatic rings. The lowest BCUT2D eigenvalue weighted by Crippen LogP contribution is -2.62. The van der Waals surface area contributed by atoms with Gasteiger partial charge in [-0.25, -0.2) is 4.79 Å². The van der Waals surface area contributed by atoms with Crippen LogP contribution < -0.4 is 0 Å². The molecule has 6 rings (SSSR count). The van der Waals surface area contributed by atoms with Gasteiger partial charge in [0.05, 0.1) is 38.6 Å². The lowest BCUT2D eigenvalue weighted by molar-refractivity contribution is -0.315. The molecule has 0 aliphatic carbocycles. The Morgan fingerprint density at radius 3 is 1.94 bits per heavy atom. The molecule has 0 saturated carbocycles. The summed E-state index contributed by atoms with van der Waals surface area (Å²) in [6.45, 7) is 5.10. The van der Waals surface area contributed by atoms with E-state index in [0.717, 1.165) is 27.5 Å². The van der Waals surface area contributed by atoms with Crippen LogP contribution in [0.3, 0.4) is 0 Å². The fraction of sp³-hybridized carbons (Fsp3) is 0.244. The molecule has 7 nitrogen and oxygen atoms in total. The van der Waals surface area contributed by atoms with Gasteiger partial charge in [-0.3, -0.25) is 0 Å². The van der Waals surface area contributed by atoms with Crippen LogP contribution in [0.4, 0.5) is 0 Å². The van der Waals surface area contributed by atoms with Crippen molar-refractivity contribution in [2.45, 2.75) is 50.5 Å². The van der Waals surface area contributed by atoms with E-state index < -0.39 is 36.7 Å². The van der Waals surface area contributed by atoms with E-state index in [9.17, 15) is 4.79 Å². The fourth-order valence-electron chi connectivity index (χ4n) is 5.75. The van der Waals surface area contributed by atoms with E-state index in [4.69, 9.17) is 28.4 Å². The lowest BCUT2D eigenvalue weighted by Gasteiger charge is -2.45. The van der Waals surface area contributed by atoms with Crippen molar-refractivity contribution in [3.8, 4) is 0 Å². The predicted molar refractivity (Wildman–Crippen MR) is 184 cm³/mol. The Bertz CT molecular complexity index is 1730. The van der Waals surface area contributed by atoms with Gasteiger partial charge in [-0.1, -0.05) is 121 Å². The van der Waals surface area contributed by atoms with Crippen LogP contribution in [0.2, 0.25) is 0 Å². The van der Waals surface area contributed by atoms with Crippen molar-refractivity contribution in [2.24, 2.45) is 0 Å². The van der Waals surface area contributed by atoms with E-state index >= 15 is 0 Å². The third-order valence-corrected chi connectivity index (χ3v) is 8.16. The van der Waals surface area contributed by atoms with Gasteiger partial charge in [0.25, 0.3) is 0 Å². The van der Waals surface area contributed by atoms with Gasteiger partial charge in [0.1, 0.15) is 18.3 Å². The molecule has 0 N–H and O–H groups in total. The summed E-state index contributed by atoms with van der Waals surface area (Å²) in [5.41, 5.74) is 3.39. The normalized spacial score (nSPS) is 20.7. The highest BCUT2D eigenvalue weighted by molar-refractivity contribution is 5.89. The number of hydrogen-bond donors (Lipinski definition) is 0. The molecule has 0 radical (unpaired) electrons. The Morgan fingerprint density at radius 1 is 0.625 bits per heavy atom. The fourth-order valence-corrected chi connectivity index (χ4v) is 5.75. The van der Waals surface area contributed by atoms with Crippen molar-refractivity contribution >= 4 is 16.7 Å². The molecule has 1 fully saturated rings. The average molecular weight is 645 g/mol. The standard InChI is InChI=1S/C41H40O7/c1-2-24-44-41-39(48-40(42)34-19-10-5-11-20-34)38(46-28-32-22-23-33-18-12-13-21-35(33)25-32)37(45-27-31-16-8-4-9-17-31)36(47-41)29-43-26-30-14-6-3-7-15-30/h2-23,25,36-39,41H,1,24,26-29H2/t36?,37-,38?,39?,41+/m0/s1. The van der Waals surface area contributed by atoms with E-state index in [1.807, 2.05) is 84.9 Å². The topological polar surface area (TPSA) is 72.5 Å². The zero-order chi connectivity index (χ0) is 33.0. The maximum Gasteiger partial charge on any atom is 0.338 e. The highest BCUT2D eigenvalue weighted by Crippen LogP contribution is 2.32. The van der Waals surface area contributed by atoms with Crippen LogP contribution in [0.5, 0.6) is 0 Å². The van der Waals surface area contributed by atoms with Gasteiger partial charge < -0.3 is 28.4 Å². The van der Waals surface area contributed by atoms with E-state index in [1.165, 1.54) is 0 Å². The van der Waals surface area contributed by atoms with Crippen molar-refractivity contribution < 1.29 is 33.2 Å². The molecular formula is C41H40O7. The molecule has 7 heteroatoms. The average Bonchev–Trinajstić information content (AvgIpc) is 3.14. The first-order valence-corrected chi connectivity index (χ1v) is 16.2. The van der Waals surface area contributed by atoms with Crippen molar-refractivity contribution in [1.29, 1.82) is 0 Å². The summed E-state index contributed by atoms with van der Waals surface area (Å²) in [5, 5.41) is 2.24. The van der Waals surface area contributed by atoms with Crippen LogP contribution in [-0.2, 0) is 48.2 Å². The third-order valence-electron chi connectivity index (χ3n) is 8.16. The highest BCUT2D eigenvalue weighted by atomic mass is 16.7. The monoisotopic (exact) mass is 644 g/mol. The number of benzene rings is 5. The van der Waals surface area contributed by atoms with Crippen LogP contribution in [0, 0.1) is 0 Å². The molecule has 1 aliphatic heterocycles. The van der Waals surface area contributed by atoms with Crippen molar-refractivity contribution in [2.75, 3.05) is 13.2 Å². The summed E-state index contributed by atoms with van der Waals surface area (Å²) in [4.78, 5) is 13.5. The number of hydrogen-bond acceptors (Lipinski definition) is 7. The minimum atomic E-state index is -0.973. The predicted octanol–water partition coefficient (Wildman–Crippen LogP) is 7.68. The third kappa shape index (κ3) is 8.83.